The van der Waals surface area contributed by atoms with E-state index in [1.54, 1.807) is 14.2 Å². The molecule has 2 aliphatic rings. The molecule has 5 rings (SSSR count). The number of nitrogens with one attached hydrogen (secondary N) is 1. The summed E-state index contributed by atoms with van der Waals surface area (Å²) in [6.45, 7) is 0. The van der Waals surface area contributed by atoms with Gasteiger partial charge in [0.25, 0.3) is 0 Å². The Morgan fingerprint density at radius 3 is 2.32 bits per heavy atom. The van der Waals surface area contributed by atoms with Crippen molar-refractivity contribution >= 4 is 27.4 Å². The highest BCUT2D eigenvalue weighted by Gasteiger charge is 2.46. The second kappa shape index (κ2) is 9.60. The molecule has 0 spiro atoms. The van der Waals surface area contributed by atoms with E-state index in [2.05, 4.69) is 38.4 Å². The van der Waals surface area contributed by atoms with Gasteiger partial charge in [-0.25, -0.2) is 0 Å². The Kier molecular flexibility index (Phi) is 6.39. The van der Waals surface area contributed by atoms with Gasteiger partial charge >= 0.3 is 0 Å². The number of halogens is 1. The normalized spacial score (nSPS) is 23.7. The summed E-state index contributed by atoms with van der Waals surface area (Å²) in [5.74, 6) is 1.41. The number of methoxy groups -OCH3 is 2. The Hall–Kier alpha value is -3.16. The van der Waals surface area contributed by atoms with Crippen LogP contribution in [-0.4, -0.2) is 47.8 Å². The van der Waals surface area contributed by atoms with Crippen molar-refractivity contribution in [3.05, 3.63) is 95.6 Å². The van der Waals surface area contributed by atoms with Crippen LogP contribution in [-0.2, 0) is 0 Å². The topological polar surface area (TPSA) is 63.2 Å². The molecule has 2 heterocycles. The Morgan fingerprint density at radius 2 is 1.65 bits per heavy atom. The summed E-state index contributed by atoms with van der Waals surface area (Å²) in [6.07, 6.45) is 0.394. The highest BCUT2D eigenvalue weighted by Crippen LogP contribution is 2.41. The van der Waals surface area contributed by atoms with Crippen LogP contribution in [0.1, 0.15) is 33.9 Å². The third-order valence-corrected chi connectivity index (χ3v) is 7.37. The van der Waals surface area contributed by atoms with Gasteiger partial charge in [-0.1, -0.05) is 82.7 Å². The molecule has 34 heavy (non-hydrogen) atoms. The number of benzene rings is 3. The summed E-state index contributed by atoms with van der Waals surface area (Å²) < 4.78 is 11.0. The van der Waals surface area contributed by atoms with Crippen molar-refractivity contribution in [2.75, 3.05) is 14.2 Å². The van der Waals surface area contributed by atoms with E-state index in [1.807, 2.05) is 66.7 Å². The third kappa shape index (κ3) is 4.10. The first-order valence-electron chi connectivity index (χ1n) is 11.2. The minimum Gasteiger partial charge on any atom is -0.493 e. The Labute approximate surface area is 207 Å². The molecule has 4 unspecified atom stereocenters. The van der Waals surface area contributed by atoms with E-state index in [-0.39, 0.29) is 28.9 Å². The lowest BCUT2D eigenvalue weighted by Crippen LogP contribution is -2.58. The van der Waals surface area contributed by atoms with E-state index in [0.29, 0.717) is 23.5 Å². The molecule has 1 fully saturated rings. The van der Waals surface area contributed by atoms with Crippen LogP contribution in [0.15, 0.2) is 84.0 Å². The van der Waals surface area contributed by atoms with Gasteiger partial charge in [-0.05, 0) is 29.7 Å². The van der Waals surface area contributed by atoms with Crippen molar-refractivity contribution in [3.63, 3.8) is 0 Å². The third-order valence-electron chi connectivity index (χ3n) is 6.43. The average Bonchev–Trinajstić information content (AvgIpc) is 3.24. The van der Waals surface area contributed by atoms with Crippen molar-refractivity contribution in [1.82, 2.24) is 10.3 Å². The van der Waals surface area contributed by atoms with Crippen LogP contribution in [0.25, 0.3) is 0 Å². The van der Waals surface area contributed by atoms with Crippen molar-refractivity contribution < 1.29 is 14.3 Å². The fourth-order valence-electron chi connectivity index (χ4n) is 4.72. The van der Waals surface area contributed by atoms with E-state index in [1.165, 1.54) is 0 Å². The first-order valence-corrected chi connectivity index (χ1v) is 12.2. The van der Waals surface area contributed by atoms with E-state index in [4.69, 9.17) is 14.6 Å². The maximum atomic E-state index is 13.5. The van der Waals surface area contributed by atoms with Gasteiger partial charge in [-0.2, -0.15) is 5.10 Å². The van der Waals surface area contributed by atoms with Crippen LogP contribution >= 0.6 is 15.9 Å². The minimum absolute atomic E-state index is 0.0797. The van der Waals surface area contributed by atoms with Gasteiger partial charge in [0.2, 0.25) is 0 Å². The number of hydrogen-bond acceptors (Lipinski definition) is 6. The van der Waals surface area contributed by atoms with Gasteiger partial charge in [0, 0.05) is 5.56 Å². The van der Waals surface area contributed by atoms with Gasteiger partial charge in [-0.3, -0.25) is 15.1 Å². The molecule has 7 heteroatoms. The lowest BCUT2D eigenvalue weighted by Gasteiger charge is -2.42. The van der Waals surface area contributed by atoms with Crippen LogP contribution < -0.4 is 14.8 Å². The van der Waals surface area contributed by atoms with E-state index >= 15 is 0 Å². The number of ketones is 1. The number of nitrogens with zero attached hydrogens (tertiary/aromatic N) is 2. The molecule has 0 aliphatic carbocycles. The number of alkyl halides is 1. The number of ether oxygens (including phenoxy) is 2. The SMILES string of the molecule is COc1ccc(C2CC(C(=O)c3ccccc3)NC3C(Br)C(c4ccccc4)=NN23)cc1OC. The largest absolute Gasteiger partial charge is 0.493 e. The summed E-state index contributed by atoms with van der Waals surface area (Å²) in [5, 5.41) is 10.7. The summed E-state index contributed by atoms with van der Waals surface area (Å²) >= 11 is 3.88. The molecule has 2 aliphatic heterocycles. The molecule has 0 radical (unpaired) electrons. The predicted molar refractivity (Wildman–Crippen MR) is 136 cm³/mol. The maximum Gasteiger partial charge on any atom is 0.179 e. The van der Waals surface area contributed by atoms with Crippen LogP contribution in [0, 0.1) is 0 Å². The van der Waals surface area contributed by atoms with Crippen molar-refractivity contribution in [1.29, 1.82) is 0 Å². The molecular formula is C27H26BrN3O3. The molecule has 0 aromatic heterocycles. The molecule has 174 valence electrons. The molecule has 6 nitrogen and oxygen atoms in total. The molecule has 0 bridgehead atoms. The summed E-state index contributed by atoms with van der Waals surface area (Å²) in [4.78, 5) is 13.4. The van der Waals surface area contributed by atoms with Crippen LogP contribution in [0.3, 0.4) is 0 Å². The van der Waals surface area contributed by atoms with Crippen LogP contribution in [0.2, 0.25) is 0 Å². The highest BCUT2D eigenvalue weighted by molar-refractivity contribution is 9.10. The zero-order chi connectivity index (χ0) is 23.7. The molecular weight excluding hydrogens is 494 g/mol. The predicted octanol–water partition coefficient (Wildman–Crippen LogP) is 4.80. The van der Waals surface area contributed by atoms with Gasteiger partial charge < -0.3 is 9.47 Å². The summed E-state index contributed by atoms with van der Waals surface area (Å²) in [6, 6.07) is 25.0. The van der Waals surface area contributed by atoms with Gasteiger partial charge in [0.1, 0.15) is 6.17 Å². The Bertz CT molecular complexity index is 1200. The molecule has 0 saturated carbocycles. The fourth-order valence-corrected chi connectivity index (χ4v) is 5.47. The van der Waals surface area contributed by atoms with Crippen molar-refractivity contribution in [2.24, 2.45) is 5.10 Å². The first-order chi connectivity index (χ1) is 16.6. The molecule has 4 atom stereocenters. The van der Waals surface area contributed by atoms with E-state index in [0.717, 1.165) is 16.8 Å². The van der Waals surface area contributed by atoms with Crippen molar-refractivity contribution in [3.8, 4) is 11.5 Å². The second-order valence-electron chi connectivity index (χ2n) is 8.39. The number of rotatable bonds is 6. The zero-order valence-electron chi connectivity index (χ0n) is 19.0. The number of hydrazone groups is 1. The van der Waals surface area contributed by atoms with Gasteiger partial charge in [0.15, 0.2) is 17.3 Å². The first kappa shape index (κ1) is 22.6. The smallest absolute Gasteiger partial charge is 0.179 e. The van der Waals surface area contributed by atoms with Crippen LogP contribution in [0.5, 0.6) is 11.5 Å². The van der Waals surface area contributed by atoms with Crippen LogP contribution in [0.4, 0.5) is 0 Å². The molecule has 3 aromatic rings. The van der Waals surface area contributed by atoms with Gasteiger partial charge in [-0.15, -0.1) is 0 Å². The lowest BCUT2D eigenvalue weighted by molar-refractivity contribution is 0.0563. The number of carbonyl (C=O) groups excluding carboxylic acids is 1. The zero-order valence-corrected chi connectivity index (χ0v) is 20.6. The maximum absolute atomic E-state index is 13.5. The lowest BCUT2D eigenvalue weighted by atomic mass is 9.90. The molecule has 1 N–H and O–H groups in total. The monoisotopic (exact) mass is 519 g/mol. The van der Waals surface area contributed by atoms with E-state index in [9.17, 15) is 4.79 Å². The molecule has 0 amide bonds. The van der Waals surface area contributed by atoms with Crippen molar-refractivity contribution in [2.45, 2.75) is 29.5 Å². The highest BCUT2D eigenvalue weighted by atomic mass is 79.9. The molecule has 3 aromatic carbocycles. The van der Waals surface area contributed by atoms with Gasteiger partial charge in [0.05, 0.1) is 36.8 Å². The minimum atomic E-state index is -0.355. The van der Waals surface area contributed by atoms with E-state index < -0.39 is 0 Å². The summed E-state index contributed by atoms with van der Waals surface area (Å²) in [5.41, 5.74) is 3.72. The fraction of sp³-hybridized carbons (Fsp3) is 0.259. The summed E-state index contributed by atoms with van der Waals surface area (Å²) in [7, 11) is 3.25. The number of hydrogen-bond donors (Lipinski definition) is 1. The number of fused-ring (bicyclic) bond motifs is 1. The number of carbonyl (C=O) groups is 1. The quantitative estimate of drug-likeness (QED) is 0.374. The Balaban J connectivity index is 1.55. The molecule has 1 saturated heterocycles. The Morgan fingerprint density at radius 1 is 0.971 bits per heavy atom. The average molecular weight is 520 g/mol. The second-order valence-corrected chi connectivity index (χ2v) is 9.38. The number of Topliss-reactive ketones (excluding diaryl/α,β-unsaturated/α-hetero) is 1. The standard InChI is InChI=1S/C27H26BrN3O3/c1-33-22-14-13-19(15-23(22)34-2)21-16-20(26(32)18-11-7-4-8-12-18)29-27-24(28)25(30-31(21)27)17-9-5-3-6-10-17/h3-15,20-21,24,27,29H,16H2,1-2H3.